The minimum atomic E-state index is -0.577. The second kappa shape index (κ2) is 6.11. The van der Waals surface area contributed by atoms with Crippen molar-refractivity contribution in [3.05, 3.63) is 77.6 Å². The molecule has 0 unspecified atom stereocenters. The number of rotatable bonds is 3. The third kappa shape index (κ3) is 2.45. The number of nitrogens with zero attached hydrogens (tertiary/aromatic N) is 2. The molecule has 0 N–H and O–H groups in total. The number of methoxy groups -OCH3 is 1. The molecule has 5 nitrogen and oxygen atoms in total. The number of ether oxygens (including phenoxy) is 1. The van der Waals surface area contributed by atoms with E-state index >= 15 is 0 Å². The zero-order valence-corrected chi connectivity index (χ0v) is 14.4. The minimum absolute atomic E-state index is 0.165. The number of fused-ring (bicyclic) bond motifs is 2. The second-order valence-corrected chi connectivity index (χ2v) is 6.08. The van der Waals surface area contributed by atoms with Gasteiger partial charge < -0.3 is 4.74 Å². The number of hydrogen-bond donors (Lipinski definition) is 0. The van der Waals surface area contributed by atoms with Crippen LogP contribution < -0.4 is 0 Å². The van der Waals surface area contributed by atoms with E-state index in [9.17, 15) is 9.59 Å². The maximum absolute atomic E-state index is 13.3. The van der Waals surface area contributed by atoms with Crippen LogP contribution in [0.25, 0.3) is 21.5 Å². The standard InChI is InChI=1S/C21H16N2O3/c1-23-19(18(12-22-23)21(25)26-2)20(24)16-9-5-8-15-10-13-6-3-4-7-14(13)11-17(15)16/h3-12H,1-2H3. The van der Waals surface area contributed by atoms with Gasteiger partial charge in [-0.15, -0.1) is 0 Å². The largest absolute Gasteiger partial charge is 0.465 e. The van der Waals surface area contributed by atoms with E-state index in [1.54, 1.807) is 13.1 Å². The maximum Gasteiger partial charge on any atom is 0.341 e. The molecule has 0 fully saturated rings. The first-order valence-corrected chi connectivity index (χ1v) is 8.16. The summed E-state index contributed by atoms with van der Waals surface area (Å²) in [5.41, 5.74) is 0.914. The number of ketones is 1. The molecule has 0 saturated carbocycles. The number of hydrogen-bond acceptors (Lipinski definition) is 4. The number of benzene rings is 3. The number of esters is 1. The molecule has 5 heteroatoms. The molecule has 26 heavy (non-hydrogen) atoms. The van der Waals surface area contributed by atoms with Crippen molar-refractivity contribution in [2.45, 2.75) is 0 Å². The fourth-order valence-electron chi connectivity index (χ4n) is 3.26. The molecule has 0 radical (unpaired) electrons. The van der Waals surface area contributed by atoms with Gasteiger partial charge in [-0.05, 0) is 33.7 Å². The lowest BCUT2D eigenvalue weighted by Gasteiger charge is -2.09. The lowest BCUT2D eigenvalue weighted by molar-refractivity contribution is 0.0597. The van der Waals surface area contributed by atoms with Gasteiger partial charge in [-0.1, -0.05) is 42.5 Å². The Hall–Kier alpha value is -3.47. The van der Waals surface area contributed by atoms with Gasteiger partial charge in [0.25, 0.3) is 0 Å². The van der Waals surface area contributed by atoms with Crippen LogP contribution in [-0.4, -0.2) is 28.6 Å². The number of carbonyl (C=O) groups is 2. The van der Waals surface area contributed by atoms with Gasteiger partial charge in [0.05, 0.1) is 13.3 Å². The Morgan fingerprint density at radius 2 is 1.62 bits per heavy atom. The van der Waals surface area contributed by atoms with Crippen molar-refractivity contribution < 1.29 is 14.3 Å². The van der Waals surface area contributed by atoms with E-state index in [4.69, 9.17) is 4.74 Å². The zero-order valence-electron chi connectivity index (χ0n) is 14.4. The zero-order chi connectivity index (χ0) is 18.3. The van der Waals surface area contributed by atoms with E-state index in [0.717, 1.165) is 21.5 Å². The molecule has 0 aliphatic heterocycles. The van der Waals surface area contributed by atoms with Crippen molar-refractivity contribution in [1.82, 2.24) is 9.78 Å². The predicted octanol–water partition coefficient (Wildman–Crippen LogP) is 3.74. The Balaban J connectivity index is 1.95. The summed E-state index contributed by atoms with van der Waals surface area (Å²) in [5.74, 6) is -0.835. The molecule has 0 spiro atoms. The van der Waals surface area contributed by atoms with Gasteiger partial charge in [-0.2, -0.15) is 5.10 Å². The van der Waals surface area contributed by atoms with Crippen LogP contribution in [0.15, 0.2) is 60.8 Å². The van der Waals surface area contributed by atoms with Crippen LogP contribution in [0.1, 0.15) is 26.4 Å². The third-order valence-corrected chi connectivity index (χ3v) is 4.55. The Kier molecular flexibility index (Phi) is 3.77. The molecule has 0 atom stereocenters. The fourth-order valence-corrected chi connectivity index (χ4v) is 3.26. The quantitative estimate of drug-likeness (QED) is 0.323. The number of carbonyl (C=O) groups excluding carboxylic acids is 2. The van der Waals surface area contributed by atoms with E-state index in [1.165, 1.54) is 18.0 Å². The molecule has 0 bridgehead atoms. The summed E-state index contributed by atoms with van der Waals surface area (Å²) in [5, 5.41) is 8.03. The van der Waals surface area contributed by atoms with Crippen LogP contribution in [-0.2, 0) is 11.8 Å². The van der Waals surface area contributed by atoms with Gasteiger partial charge in [0.1, 0.15) is 11.3 Å². The molecule has 0 aliphatic rings. The van der Waals surface area contributed by atoms with Crippen molar-refractivity contribution in [3.63, 3.8) is 0 Å². The molecule has 0 amide bonds. The summed E-state index contributed by atoms with van der Waals surface area (Å²) in [6.07, 6.45) is 1.36. The van der Waals surface area contributed by atoms with E-state index in [2.05, 4.69) is 11.2 Å². The first kappa shape index (κ1) is 16.0. The number of aromatic nitrogens is 2. The molecule has 1 aromatic heterocycles. The van der Waals surface area contributed by atoms with E-state index in [1.807, 2.05) is 42.5 Å². The van der Waals surface area contributed by atoms with Gasteiger partial charge in [0, 0.05) is 12.6 Å². The fraction of sp³-hybridized carbons (Fsp3) is 0.0952. The molecule has 0 saturated heterocycles. The predicted molar refractivity (Wildman–Crippen MR) is 99.4 cm³/mol. The van der Waals surface area contributed by atoms with Crippen molar-refractivity contribution in [3.8, 4) is 0 Å². The van der Waals surface area contributed by atoms with Crippen LogP contribution in [0.4, 0.5) is 0 Å². The molecular weight excluding hydrogens is 328 g/mol. The van der Waals surface area contributed by atoms with Crippen LogP contribution in [0.3, 0.4) is 0 Å². The van der Waals surface area contributed by atoms with Crippen molar-refractivity contribution >= 4 is 33.3 Å². The van der Waals surface area contributed by atoms with Gasteiger partial charge >= 0.3 is 5.97 Å². The van der Waals surface area contributed by atoms with Gasteiger partial charge in [-0.3, -0.25) is 9.48 Å². The van der Waals surface area contributed by atoms with E-state index in [0.29, 0.717) is 5.56 Å². The van der Waals surface area contributed by atoms with Crippen LogP contribution in [0, 0.1) is 0 Å². The van der Waals surface area contributed by atoms with Crippen LogP contribution in [0.5, 0.6) is 0 Å². The van der Waals surface area contributed by atoms with Crippen LogP contribution >= 0.6 is 0 Å². The summed E-state index contributed by atoms with van der Waals surface area (Å²) in [6, 6.07) is 17.7. The van der Waals surface area contributed by atoms with E-state index < -0.39 is 5.97 Å². The first-order valence-electron chi connectivity index (χ1n) is 8.16. The maximum atomic E-state index is 13.3. The summed E-state index contributed by atoms with van der Waals surface area (Å²) in [7, 11) is 2.92. The third-order valence-electron chi connectivity index (χ3n) is 4.55. The highest BCUT2D eigenvalue weighted by Gasteiger charge is 2.24. The van der Waals surface area contributed by atoms with Crippen molar-refractivity contribution in [1.29, 1.82) is 0 Å². The lowest BCUT2D eigenvalue weighted by atomic mass is 9.96. The SMILES string of the molecule is COC(=O)c1cnn(C)c1C(=O)c1cccc2cc3ccccc3cc12. The molecule has 128 valence electrons. The Morgan fingerprint density at radius 3 is 2.35 bits per heavy atom. The molecular formula is C21H16N2O3. The molecule has 4 rings (SSSR count). The minimum Gasteiger partial charge on any atom is -0.465 e. The molecule has 0 aliphatic carbocycles. The Morgan fingerprint density at radius 1 is 0.923 bits per heavy atom. The molecule has 4 aromatic rings. The highest BCUT2D eigenvalue weighted by atomic mass is 16.5. The normalized spacial score (nSPS) is 11.0. The highest BCUT2D eigenvalue weighted by molar-refractivity contribution is 6.20. The summed E-state index contributed by atoms with van der Waals surface area (Å²) < 4.78 is 6.19. The smallest absolute Gasteiger partial charge is 0.341 e. The van der Waals surface area contributed by atoms with Gasteiger partial charge in [0.2, 0.25) is 5.78 Å². The Labute approximate surface area is 149 Å². The Bertz CT molecular complexity index is 1170. The van der Waals surface area contributed by atoms with Crippen molar-refractivity contribution in [2.24, 2.45) is 7.05 Å². The highest BCUT2D eigenvalue weighted by Crippen LogP contribution is 2.27. The summed E-state index contributed by atoms with van der Waals surface area (Å²) in [6.45, 7) is 0. The number of aryl methyl sites for hydroxylation is 1. The molecule has 3 aromatic carbocycles. The lowest BCUT2D eigenvalue weighted by Crippen LogP contribution is -2.14. The van der Waals surface area contributed by atoms with E-state index in [-0.39, 0.29) is 17.0 Å². The monoisotopic (exact) mass is 344 g/mol. The van der Waals surface area contributed by atoms with Crippen LogP contribution in [0.2, 0.25) is 0 Å². The second-order valence-electron chi connectivity index (χ2n) is 6.08. The van der Waals surface area contributed by atoms with Gasteiger partial charge in [0.15, 0.2) is 0 Å². The molecule has 1 heterocycles. The average Bonchev–Trinajstić information content (AvgIpc) is 3.06. The summed E-state index contributed by atoms with van der Waals surface area (Å²) >= 11 is 0. The first-order chi connectivity index (χ1) is 12.6. The topological polar surface area (TPSA) is 61.2 Å². The summed E-state index contributed by atoms with van der Waals surface area (Å²) in [4.78, 5) is 25.2. The average molecular weight is 344 g/mol. The van der Waals surface area contributed by atoms with Gasteiger partial charge in [-0.25, -0.2) is 4.79 Å². The van der Waals surface area contributed by atoms with Crippen molar-refractivity contribution in [2.75, 3.05) is 7.11 Å².